The van der Waals surface area contributed by atoms with Crippen LogP contribution in [0.1, 0.15) is 12.5 Å². The largest absolute Gasteiger partial charge is 0.489 e. The summed E-state index contributed by atoms with van der Waals surface area (Å²) in [6, 6.07) is 4.64. The number of aryl methyl sites for hydroxylation is 1. The first kappa shape index (κ1) is 13.2. The topological polar surface area (TPSA) is 35.5 Å². The maximum Gasteiger partial charge on any atom is 0.333 e. The lowest BCUT2D eigenvalue weighted by Crippen LogP contribution is -2.04. The molecule has 0 saturated carbocycles. The number of halogens is 1. The summed E-state index contributed by atoms with van der Waals surface area (Å²) >= 11 is 0. The molecule has 1 aromatic carbocycles. The molecule has 0 bridgehead atoms. The zero-order valence-corrected chi connectivity index (χ0v) is 10.1. The average molecular weight is 238 g/mol. The number of carbonyl (C=O) groups excluding carboxylic acids is 1. The van der Waals surface area contributed by atoms with Crippen molar-refractivity contribution >= 4 is 5.97 Å². The molecule has 0 unspecified atom stereocenters. The zero-order chi connectivity index (χ0) is 12.8. The molecule has 0 aromatic heterocycles. The van der Waals surface area contributed by atoms with Gasteiger partial charge in [-0.1, -0.05) is 6.07 Å². The Morgan fingerprint density at radius 2 is 2.18 bits per heavy atom. The molecule has 0 spiro atoms. The number of rotatable bonds is 4. The maximum atomic E-state index is 13.2. The molecule has 0 heterocycles. The van der Waals surface area contributed by atoms with E-state index in [4.69, 9.17) is 4.74 Å². The van der Waals surface area contributed by atoms with Gasteiger partial charge in [-0.05, 0) is 31.6 Å². The number of benzene rings is 1. The lowest BCUT2D eigenvalue weighted by atomic mass is 10.2. The molecule has 0 radical (unpaired) electrons. The third-order valence-electron chi connectivity index (χ3n) is 2.29. The van der Waals surface area contributed by atoms with Gasteiger partial charge in [0.2, 0.25) is 0 Å². The van der Waals surface area contributed by atoms with Gasteiger partial charge >= 0.3 is 5.97 Å². The zero-order valence-electron chi connectivity index (χ0n) is 10.1. The molecule has 0 saturated heterocycles. The fraction of sp³-hybridized carbons (Fsp3) is 0.308. The van der Waals surface area contributed by atoms with E-state index in [1.165, 1.54) is 13.2 Å². The normalized spacial score (nSPS) is 11.2. The van der Waals surface area contributed by atoms with E-state index in [1.54, 1.807) is 32.1 Å². The molecular weight excluding hydrogens is 223 g/mol. The third kappa shape index (κ3) is 3.90. The van der Waals surface area contributed by atoms with Crippen molar-refractivity contribution in [3.8, 4) is 5.75 Å². The highest BCUT2D eigenvalue weighted by Crippen LogP contribution is 2.15. The highest BCUT2D eigenvalue weighted by Gasteiger charge is 2.03. The van der Waals surface area contributed by atoms with E-state index in [1.807, 2.05) is 0 Å². The van der Waals surface area contributed by atoms with Gasteiger partial charge in [-0.3, -0.25) is 0 Å². The van der Waals surface area contributed by atoms with Crippen molar-refractivity contribution in [1.29, 1.82) is 0 Å². The summed E-state index contributed by atoms with van der Waals surface area (Å²) in [6.45, 7) is 3.51. The molecule has 0 amide bonds. The van der Waals surface area contributed by atoms with E-state index in [0.717, 1.165) is 0 Å². The highest BCUT2D eigenvalue weighted by atomic mass is 19.1. The minimum atomic E-state index is -0.399. The summed E-state index contributed by atoms with van der Waals surface area (Å²) in [5.41, 5.74) is 1.03. The Hall–Kier alpha value is -1.84. The van der Waals surface area contributed by atoms with Gasteiger partial charge in [0.05, 0.1) is 7.11 Å². The summed E-state index contributed by atoms with van der Waals surface area (Å²) < 4.78 is 23.0. The molecule has 3 nitrogen and oxygen atoms in total. The SMILES string of the molecule is COC(=O)/C(C)=C/COc1ccc(C)c(F)c1. The van der Waals surface area contributed by atoms with Crippen molar-refractivity contribution < 1.29 is 18.7 Å². The summed E-state index contributed by atoms with van der Waals surface area (Å²) in [6.07, 6.45) is 1.59. The number of carbonyl (C=O) groups is 1. The van der Waals surface area contributed by atoms with Crippen molar-refractivity contribution in [2.45, 2.75) is 13.8 Å². The summed E-state index contributed by atoms with van der Waals surface area (Å²) in [4.78, 5) is 11.0. The monoisotopic (exact) mass is 238 g/mol. The molecule has 0 N–H and O–H groups in total. The Bertz CT molecular complexity index is 438. The van der Waals surface area contributed by atoms with Crippen LogP contribution in [-0.4, -0.2) is 19.7 Å². The number of ether oxygens (including phenoxy) is 2. The molecule has 0 atom stereocenters. The van der Waals surface area contributed by atoms with Crippen molar-refractivity contribution in [1.82, 2.24) is 0 Å². The molecular formula is C13H15FO3. The highest BCUT2D eigenvalue weighted by molar-refractivity contribution is 5.87. The fourth-order valence-corrected chi connectivity index (χ4v) is 1.17. The Labute approximate surface area is 99.9 Å². The smallest absolute Gasteiger partial charge is 0.333 e. The standard InChI is InChI=1S/C13H15FO3/c1-9-4-5-11(8-12(9)14)17-7-6-10(2)13(15)16-3/h4-6,8H,7H2,1-3H3/b10-6+. The van der Waals surface area contributed by atoms with Gasteiger partial charge in [0, 0.05) is 11.6 Å². The van der Waals surface area contributed by atoms with Crippen LogP contribution in [0, 0.1) is 12.7 Å². The second-order valence-electron chi connectivity index (χ2n) is 3.60. The minimum Gasteiger partial charge on any atom is -0.489 e. The Balaban J connectivity index is 2.56. The molecule has 4 heteroatoms. The molecule has 0 fully saturated rings. The van der Waals surface area contributed by atoms with Gasteiger partial charge in [0.15, 0.2) is 0 Å². The van der Waals surface area contributed by atoms with Crippen molar-refractivity contribution in [2.75, 3.05) is 13.7 Å². The molecule has 0 aliphatic carbocycles. The van der Waals surface area contributed by atoms with E-state index >= 15 is 0 Å². The van der Waals surface area contributed by atoms with E-state index < -0.39 is 5.97 Å². The second-order valence-corrected chi connectivity index (χ2v) is 3.60. The number of esters is 1. The predicted octanol–water partition coefficient (Wildman–Crippen LogP) is 2.63. The first-order valence-electron chi connectivity index (χ1n) is 5.18. The first-order valence-corrected chi connectivity index (χ1v) is 5.18. The van der Waals surface area contributed by atoms with Crippen LogP contribution in [0.15, 0.2) is 29.8 Å². The minimum absolute atomic E-state index is 0.198. The maximum absolute atomic E-state index is 13.2. The van der Waals surface area contributed by atoms with Crippen LogP contribution >= 0.6 is 0 Å². The van der Waals surface area contributed by atoms with Crippen LogP contribution in [0.3, 0.4) is 0 Å². The molecule has 17 heavy (non-hydrogen) atoms. The molecule has 92 valence electrons. The second kappa shape index (κ2) is 6.03. The predicted molar refractivity (Wildman–Crippen MR) is 62.4 cm³/mol. The van der Waals surface area contributed by atoms with Crippen molar-refractivity contribution in [3.05, 3.63) is 41.2 Å². The van der Waals surface area contributed by atoms with Gasteiger partial charge in [-0.15, -0.1) is 0 Å². The molecule has 0 aliphatic heterocycles. The van der Waals surface area contributed by atoms with Crippen LogP contribution in [0.5, 0.6) is 5.75 Å². The van der Waals surface area contributed by atoms with E-state index in [9.17, 15) is 9.18 Å². The van der Waals surface area contributed by atoms with Gasteiger partial charge in [-0.2, -0.15) is 0 Å². The summed E-state index contributed by atoms with van der Waals surface area (Å²) in [5, 5.41) is 0. The summed E-state index contributed by atoms with van der Waals surface area (Å²) in [5.74, 6) is -0.276. The fourth-order valence-electron chi connectivity index (χ4n) is 1.17. The number of hydrogen-bond donors (Lipinski definition) is 0. The Morgan fingerprint density at radius 3 is 2.76 bits per heavy atom. The average Bonchev–Trinajstić information content (AvgIpc) is 2.32. The number of methoxy groups -OCH3 is 1. The molecule has 1 rings (SSSR count). The van der Waals surface area contributed by atoms with Crippen LogP contribution < -0.4 is 4.74 Å². The van der Waals surface area contributed by atoms with Gasteiger partial charge in [0.25, 0.3) is 0 Å². The van der Waals surface area contributed by atoms with Crippen LogP contribution in [-0.2, 0) is 9.53 Å². The third-order valence-corrected chi connectivity index (χ3v) is 2.29. The van der Waals surface area contributed by atoms with Gasteiger partial charge < -0.3 is 9.47 Å². The molecule has 0 aliphatic rings. The van der Waals surface area contributed by atoms with Crippen LogP contribution in [0.2, 0.25) is 0 Å². The Kier molecular flexibility index (Phi) is 4.69. The summed E-state index contributed by atoms with van der Waals surface area (Å²) in [7, 11) is 1.32. The number of hydrogen-bond acceptors (Lipinski definition) is 3. The van der Waals surface area contributed by atoms with Crippen molar-refractivity contribution in [3.63, 3.8) is 0 Å². The Morgan fingerprint density at radius 1 is 1.47 bits per heavy atom. The lowest BCUT2D eigenvalue weighted by molar-refractivity contribution is -0.136. The van der Waals surface area contributed by atoms with Crippen molar-refractivity contribution in [2.24, 2.45) is 0 Å². The lowest BCUT2D eigenvalue weighted by Gasteiger charge is -2.05. The quantitative estimate of drug-likeness (QED) is 0.597. The van der Waals surface area contributed by atoms with Gasteiger partial charge in [-0.25, -0.2) is 9.18 Å². The van der Waals surface area contributed by atoms with E-state index in [2.05, 4.69) is 4.74 Å². The van der Waals surface area contributed by atoms with Gasteiger partial charge in [0.1, 0.15) is 18.2 Å². The van der Waals surface area contributed by atoms with E-state index in [-0.39, 0.29) is 12.4 Å². The first-order chi connectivity index (χ1) is 8.04. The molecule has 1 aromatic rings. The van der Waals surface area contributed by atoms with Crippen LogP contribution in [0.25, 0.3) is 0 Å². The van der Waals surface area contributed by atoms with E-state index in [0.29, 0.717) is 16.9 Å². The van der Waals surface area contributed by atoms with Crippen LogP contribution in [0.4, 0.5) is 4.39 Å².